The second-order valence-electron chi connectivity index (χ2n) is 8.67. The van der Waals surface area contributed by atoms with Gasteiger partial charge < -0.3 is 10.1 Å². The minimum absolute atomic E-state index is 0.0347. The number of carbonyl (C=O) groups is 2. The molecule has 2 bridgehead atoms. The fourth-order valence-corrected chi connectivity index (χ4v) is 5.37. The highest BCUT2D eigenvalue weighted by molar-refractivity contribution is 5.93. The van der Waals surface area contributed by atoms with Crippen molar-refractivity contribution in [3.63, 3.8) is 0 Å². The van der Waals surface area contributed by atoms with Crippen LogP contribution in [-0.2, 0) is 17.6 Å². The Morgan fingerprint density at radius 2 is 1.46 bits per heavy atom. The fraction of sp³-hybridized carbons (Fsp3) is 0.417. The number of esters is 1. The van der Waals surface area contributed by atoms with Crippen molar-refractivity contribution >= 4 is 11.9 Å². The Kier molecular flexibility index (Phi) is 4.74. The molecule has 4 nitrogen and oxygen atoms in total. The monoisotopic (exact) mass is 377 g/mol. The molecule has 1 N–H and O–H groups in total. The van der Waals surface area contributed by atoms with E-state index >= 15 is 0 Å². The Labute approximate surface area is 166 Å². The maximum absolute atomic E-state index is 11.6. The molecular weight excluding hydrogens is 350 g/mol. The van der Waals surface area contributed by atoms with Crippen LogP contribution in [0.2, 0.25) is 0 Å². The van der Waals surface area contributed by atoms with Gasteiger partial charge in [-0.05, 0) is 84.7 Å². The van der Waals surface area contributed by atoms with Gasteiger partial charge in [0.2, 0.25) is 0 Å². The van der Waals surface area contributed by atoms with E-state index < -0.39 is 0 Å². The number of aryl methyl sites for hydroxylation is 1. The highest BCUT2D eigenvalue weighted by Crippen LogP contribution is 2.75. The van der Waals surface area contributed by atoms with E-state index in [0.717, 1.165) is 12.8 Å². The van der Waals surface area contributed by atoms with E-state index in [1.165, 1.54) is 43.9 Å². The van der Waals surface area contributed by atoms with Crippen LogP contribution in [0.4, 0.5) is 0 Å². The summed E-state index contributed by atoms with van der Waals surface area (Å²) in [4.78, 5) is 23.2. The van der Waals surface area contributed by atoms with E-state index in [4.69, 9.17) is 4.74 Å². The molecule has 2 aromatic carbocycles. The van der Waals surface area contributed by atoms with Gasteiger partial charge in [0.05, 0.1) is 12.7 Å². The maximum atomic E-state index is 11.6. The molecule has 0 saturated heterocycles. The van der Waals surface area contributed by atoms with Crippen LogP contribution in [0.15, 0.2) is 48.5 Å². The molecule has 2 aromatic rings. The molecule has 3 aliphatic carbocycles. The molecule has 1 amide bonds. The van der Waals surface area contributed by atoms with Gasteiger partial charge in [-0.1, -0.05) is 24.3 Å². The number of nitrogens with one attached hydrogen (secondary N) is 1. The topological polar surface area (TPSA) is 55.4 Å². The quantitative estimate of drug-likeness (QED) is 0.737. The summed E-state index contributed by atoms with van der Waals surface area (Å²) in [5.74, 6) is -0.313. The van der Waals surface area contributed by atoms with E-state index in [0.29, 0.717) is 22.0 Å². The van der Waals surface area contributed by atoms with Crippen molar-refractivity contribution in [2.24, 2.45) is 10.8 Å². The molecular formula is C24H27NO3. The zero-order valence-corrected chi connectivity index (χ0v) is 16.6. The van der Waals surface area contributed by atoms with Crippen LogP contribution in [0.3, 0.4) is 0 Å². The van der Waals surface area contributed by atoms with E-state index in [1.54, 1.807) is 7.05 Å². The average Bonchev–Trinajstić information content (AvgIpc) is 2.68. The summed E-state index contributed by atoms with van der Waals surface area (Å²) in [6.45, 7) is 0. The zero-order valence-electron chi connectivity index (χ0n) is 16.6. The van der Waals surface area contributed by atoms with Crippen molar-refractivity contribution in [1.29, 1.82) is 0 Å². The highest BCUT2D eigenvalue weighted by Gasteiger charge is 2.66. The van der Waals surface area contributed by atoms with Crippen molar-refractivity contribution in [3.05, 3.63) is 70.8 Å². The van der Waals surface area contributed by atoms with Gasteiger partial charge in [-0.25, -0.2) is 4.79 Å². The van der Waals surface area contributed by atoms with Gasteiger partial charge >= 0.3 is 5.97 Å². The Hall–Kier alpha value is -2.62. The summed E-state index contributed by atoms with van der Waals surface area (Å²) in [5.41, 5.74) is 4.97. The van der Waals surface area contributed by atoms with Gasteiger partial charge in [-0.3, -0.25) is 4.79 Å². The third kappa shape index (κ3) is 3.44. The minimum Gasteiger partial charge on any atom is -0.465 e. The summed E-state index contributed by atoms with van der Waals surface area (Å²) in [7, 11) is 3.07. The number of methoxy groups -OCH3 is 1. The van der Waals surface area contributed by atoms with E-state index in [1.807, 2.05) is 24.3 Å². The average molecular weight is 377 g/mol. The lowest BCUT2D eigenvalue weighted by molar-refractivity contribution is -0.206. The molecule has 3 aliphatic rings. The molecule has 0 radical (unpaired) electrons. The van der Waals surface area contributed by atoms with Crippen molar-refractivity contribution < 1.29 is 14.3 Å². The molecule has 3 fully saturated rings. The number of hydrogen-bond donors (Lipinski definition) is 1. The Bertz CT molecular complexity index is 863. The van der Waals surface area contributed by atoms with Crippen molar-refractivity contribution in [3.8, 4) is 0 Å². The van der Waals surface area contributed by atoms with Crippen LogP contribution in [0.5, 0.6) is 0 Å². The van der Waals surface area contributed by atoms with Crippen LogP contribution in [0.25, 0.3) is 0 Å². The van der Waals surface area contributed by atoms with Crippen LogP contribution < -0.4 is 5.32 Å². The van der Waals surface area contributed by atoms with Gasteiger partial charge in [-0.15, -0.1) is 0 Å². The van der Waals surface area contributed by atoms with Gasteiger partial charge in [0.1, 0.15) is 0 Å². The van der Waals surface area contributed by atoms with Gasteiger partial charge in [-0.2, -0.15) is 0 Å². The highest BCUT2D eigenvalue weighted by atomic mass is 16.5. The van der Waals surface area contributed by atoms with Gasteiger partial charge in [0.25, 0.3) is 5.91 Å². The Morgan fingerprint density at radius 3 is 2.04 bits per heavy atom. The summed E-state index contributed by atoms with van der Waals surface area (Å²) in [6, 6.07) is 15.8. The fourth-order valence-electron chi connectivity index (χ4n) is 5.37. The number of carbonyl (C=O) groups excluding carboxylic acids is 2. The molecule has 0 spiro atoms. The molecule has 4 heteroatoms. The third-order valence-electron chi connectivity index (χ3n) is 6.59. The Morgan fingerprint density at radius 1 is 0.893 bits per heavy atom. The molecule has 0 atom stereocenters. The lowest BCUT2D eigenvalue weighted by atomic mass is 9.33. The zero-order chi connectivity index (χ0) is 19.8. The molecule has 146 valence electrons. The Balaban J connectivity index is 1.26. The maximum Gasteiger partial charge on any atom is 0.337 e. The minimum atomic E-state index is -0.278. The van der Waals surface area contributed by atoms with E-state index in [2.05, 4.69) is 29.6 Å². The number of hydrogen-bond acceptors (Lipinski definition) is 3. The van der Waals surface area contributed by atoms with E-state index in [-0.39, 0.29) is 11.9 Å². The van der Waals surface area contributed by atoms with Crippen LogP contribution in [0, 0.1) is 10.8 Å². The molecule has 0 aliphatic heterocycles. The largest absolute Gasteiger partial charge is 0.465 e. The predicted octanol–water partition coefficient (Wildman–Crippen LogP) is 4.18. The van der Waals surface area contributed by atoms with Gasteiger partial charge in [0, 0.05) is 12.6 Å². The summed E-state index contributed by atoms with van der Waals surface area (Å²) in [6.07, 6.45) is 7.36. The summed E-state index contributed by atoms with van der Waals surface area (Å²) >= 11 is 0. The van der Waals surface area contributed by atoms with Crippen LogP contribution in [0.1, 0.15) is 57.5 Å². The first kappa shape index (κ1) is 18.7. The van der Waals surface area contributed by atoms with Crippen LogP contribution in [-0.4, -0.2) is 26.0 Å². The van der Waals surface area contributed by atoms with Crippen molar-refractivity contribution in [1.82, 2.24) is 5.32 Å². The van der Waals surface area contributed by atoms with Crippen LogP contribution >= 0.6 is 0 Å². The number of amides is 1. The first-order chi connectivity index (χ1) is 13.5. The molecule has 0 unspecified atom stereocenters. The predicted molar refractivity (Wildman–Crippen MR) is 108 cm³/mol. The lowest BCUT2D eigenvalue weighted by Crippen LogP contribution is -2.62. The first-order valence-corrected chi connectivity index (χ1v) is 9.95. The summed E-state index contributed by atoms with van der Waals surface area (Å²) < 4.78 is 4.76. The molecule has 5 rings (SSSR count). The number of ether oxygens (including phenoxy) is 1. The molecule has 0 heterocycles. The molecule has 28 heavy (non-hydrogen) atoms. The second-order valence-corrected chi connectivity index (χ2v) is 8.67. The first-order valence-electron chi connectivity index (χ1n) is 9.95. The lowest BCUT2D eigenvalue weighted by Gasteiger charge is -2.72. The standard InChI is InChI=1S/C24H27NO3/c1-25-21(26)19-7-3-17(4-8-19)11-12-23-14-24(15-23,16-23)13-18-5-9-20(10-6-18)22(27)28-2/h3-10H,11-16H2,1-2H3,(H,25,26). The van der Waals surface area contributed by atoms with Crippen molar-refractivity contribution in [2.75, 3.05) is 14.2 Å². The molecule has 0 aromatic heterocycles. The van der Waals surface area contributed by atoms with Gasteiger partial charge in [0.15, 0.2) is 0 Å². The normalized spacial score (nSPS) is 24.6. The third-order valence-corrected chi connectivity index (χ3v) is 6.59. The number of benzene rings is 2. The smallest absolute Gasteiger partial charge is 0.337 e. The second kappa shape index (κ2) is 7.08. The SMILES string of the molecule is CNC(=O)c1ccc(CCC23CC(Cc4ccc(C(=O)OC)cc4)(C2)C3)cc1. The van der Waals surface area contributed by atoms with E-state index in [9.17, 15) is 9.59 Å². The van der Waals surface area contributed by atoms with Crippen molar-refractivity contribution in [2.45, 2.75) is 38.5 Å². The molecule has 3 saturated carbocycles. The summed E-state index contributed by atoms with van der Waals surface area (Å²) in [5, 5.41) is 2.66. The number of rotatable bonds is 7.